The maximum Gasteiger partial charge on any atom is 0.123 e. The summed E-state index contributed by atoms with van der Waals surface area (Å²) in [5.74, 6) is 0.753. The van der Waals surface area contributed by atoms with Gasteiger partial charge in [0.05, 0.1) is 0 Å². The molecule has 2 aromatic carbocycles. The van der Waals surface area contributed by atoms with Gasteiger partial charge in [-0.25, -0.2) is 4.39 Å². The highest BCUT2D eigenvalue weighted by Crippen LogP contribution is 2.15. The van der Waals surface area contributed by atoms with Crippen LogP contribution in [0.15, 0.2) is 48.5 Å². The van der Waals surface area contributed by atoms with Crippen LogP contribution in [0.4, 0.5) is 10.1 Å². The van der Waals surface area contributed by atoms with Crippen LogP contribution in [0.2, 0.25) is 0 Å². The minimum absolute atomic E-state index is 0.0634. The largest absolute Gasteiger partial charge is 0.491 e. The Morgan fingerprint density at radius 1 is 1.00 bits per heavy atom. The second-order valence-electron chi connectivity index (χ2n) is 4.30. The smallest absolute Gasteiger partial charge is 0.123 e. The second-order valence-corrected chi connectivity index (χ2v) is 4.30. The first-order valence-electron chi connectivity index (χ1n) is 6.18. The van der Waals surface area contributed by atoms with Crippen LogP contribution in [0.1, 0.15) is 0 Å². The van der Waals surface area contributed by atoms with Gasteiger partial charge >= 0.3 is 0 Å². The molecule has 0 amide bonds. The van der Waals surface area contributed by atoms with Crippen molar-refractivity contribution in [2.24, 2.45) is 0 Å². The normalized spacial score (nSPS) is 11.9. The van der Waals surface area contributed by atoms with Crippen molar-refractivity contribution in [3.63, 3.8) is 0 Å². The molecule has 0 fully saturated rings. The Bertz CT molecular complexity index is 545. The topological polar surface area (TPSA) is 64.7 Å². The van der Waals surface area contributed by atoms with Crippen LogP contribution < -0.4 is 15.2 Å². The summed E-state index contributed by atoms with van der Waals surface area (Å²) in [5, 5.41) is 9.74. The predicted molar refractivity (Wildman–Crippen MR) is 74.3 cm³/mol. The Kier molecular flexibility index (Phi) is 4.79. The van der Waals surface area contributed by atoms with Crippen LogP contribution >= 0.6 is 0 Å². The molecule has 0 spiro atoms. The lowest BCUT2D eigenvalue weighted by atomic mass is 10.3. The molecule has 0 aliphatic heterocycles. The van der Waals surface area contributed by atoms with Crippen molar-refractivity contribution in [1.82, 2.24) is 0 Å². The number of aliphatic hydroxyl groups is 1. The van der Waals surface area contributed by atoms with E-state index < -0.39 is 6.10 Å². The zero-order chi connectivity index (χ0) is 14.4. The quantitative estimate of drug-likeness (QED) is 0.795. The summed E-state index contributed by atoms with van der Waals surface area (Å²) in [6.07, 6.45) is -0.790. The number of nitrogens with two attached hydrogens (primary N) is 1. The first-order chi connectivity index (χ1) is 9.63. The number of anilines is 1. The minimum Gasteiger partial charge on any atom is -0.491 e. The maximum atomic E-state index is 12.7. The van der Waals surface area contributed by atoms with Gasteiger partial charge in [-0.05, 0) is 36.4 Å². The molecule has 0 bridgehead atoms. The standard InChI is InChI=1S/C15H16FNO3/c16-11-4-6-14(7-5-11)19-9-13(18)10-20-15-3-1-2-12(17)8-15/h1-8,13,18H,9-10,17H2. The third kappa shape index (κ3) is 4.44. The Morgan fingerprint density at radius 3 is 2.30 bits per heavy atom. The molecule has 2 aromatic rings. The van der Waals surface area contributed by atoms with Gasteiger partial charge in [-0.15, -0.1) is 0 Å². The molecule has 1 atom stereocenters. The van der Waals surface area contributed by atoms with Crippen LogP contribution in [0.25, 0.3) is 0 Å². The lowest BCUT2D eigenvalue weighted by Crippen LogP contribution is -2.25. The van der Waals surface area contributed by atoms with E-state index in [1.807, 2.05) is 0 Å². The number of hydrogen-bond acceptors (Lipinski definition) is 4. The third-order valence-electron chi connectivity index (χ3n) is 2.56. The van der Waals surface area contributed by atoms with E-state index in [4.69, 9.17) is 15.2 Å². The van der Waals surface area contributed by atoms with Crippen LogP contribution in [0.3, 0.4) is 0 Å². The fraction of sp³-hybridized carbons (Fsp3) is 0.200. The summed E-state index contributed by atoms with van der Waals surface area (Å²) in [6.45, 7) is 0.151. The second kappa shape index (κ2) is 6.77. The zero-order valence-electron chi connectivity index (χ0n) is 10.8. The summed E-state index contributed by atoms with van der Waals surface area (Å²) in [5.41, 5.74) is 6.21. The van der Waals surface area contributed by atoms with Crippen LogP contribution in [0.5, 0.6) is 11.5 Å². The molecule has 0 radical (unpaired) electrons. The van der Waals surface area contributed by atoms with Crippen LogP contribution in [-0.2, 0) is 0 Å². The number of nitrogen functional groups attached to an aromatic ring is 1. The molecule has 2 rings (SSSR count). The van der Waals surface area contributed by atoms with E-state index in [2.05, 4.69) is 0 Å². The van der Waals surface area contributed by atoms with E-state index in [1.165, 1.54) is 24.3 Å². The fourth-order valence-corrected chi connectivity index (χ4v) is 1.57. The summed E-state index contributed by atoms with van der Waals surface area (Å²) in [6, 6.07) is 12.5. The number of hydrogen-bond donors (Lipinski definition) is 2. The Balaban J connectivity index is 1.75. The van der Waals surface area contributed by atoms with Crippen molar-refractivity contribution < 1.29 is 19.0 Å². The van der Waals surface area contributed by atoms with Crippen LogP contribution in [-0.4, -0.2) is 24.4 Å². The number of benzene rings is 2. The highest BCUT2D eigenvalue weighted by molar-refractivity contribution is 5.43. The predicted octanol–water partition coefficient (Wildman–Crippen LogP) is 2.23. The van der Waals surface area contributed by atoms with E-state index in [-0.39, 0.29) is 19.0 Å². The Labute approximate surface area is 116 Å². The number of halogens is 1. The SMILES string of the molecule is Nc1cccc(OCC(O)COc2ccc(F)cc2)c1. The van der Waals surface area contributed by atoms with E-state index in [0.717, 1.165) is 0 Å². The maximum absolute atomic E-state index is 12.7. The van der Waals surface area contributed by atoms with Crippen molar-refractivity contribution in [3.05, 3.63) is 54.3 Å². The Morgan fingerprint density at radius 2 is 1.65 bits per heavy atom. The molecule has 5 heteroatoms. The molecule has 4 nitrogen and oxygen atoms in total. The molecule has 1 unspecified atom stereocenters. The lowest BCUT2D eigenvalue weighted by Gasteiger charge is -2.13. The highest BCUT2D eigenvalue weighted by atomic mass is 19.1. The molecule has 0 aliphatic rings. The van der Waals surface area contributed by atoms with E-state index >= 15 is 0 Å². The Hall–Kier alpha value is -2.27. The molecule has 0 saturated carbocycles. The summed E-state index contributed by atoms with van der Waals surface area (Å²) < 4.78 is 23.4. The third-order valence-corrected chi connectivity index (χ3v) is 2.56. The first kappa shape index (κ1) is 14.1. The van der Waals surface area contributed by atoms with Gasteiger partial charge in [0.2, 0.25) is 0 Å². The average molecular weight is 277 g/mol. The molecule has 0 aromatic heterocycles. The zero-order valence-corrected chi connectivity index (χ0v) is 10.8. The van der Waals surface area contributed by atoms with Crippen molar-refractivity contribution in [2.75, 3.05) is 18.9 Å². The highest BCUT2D eigenvalue weighted by Gasteiger charge is 2.07. The van der Waals surface area contributed by atoms with Crippen molar-refractivity contribution in [2.45, 2.75) is 6.10 Å². The van der Waals surface area contributed by atoms with E-state index in [9.17, 15) is 9.50 Å². The first-order valence-corrected chi connectivity index (χ1v) is 6.18. The molecule has 0 heterocycles. The minimum atomic E-state index is -0.790. The monoisotopic (exact) mass is 277 g/mol. The molecule has 0 saturated heterocycles. The molecule has 3 N–H and O–H groups in total. The van der Waals surface area contributed by atoms with E-state index in [1.54, 1.807) is 24.3 Å². The molecular formula is C15H16FNO3. The van der Waals surface area contributed by atoms with Gasteiger partial charge in [0.1, 0.15) is 36.6 Å². The van der Waals surface area contributed by atoms with Crippen LogP contribution in [0, 0.1) is 5.82 Å². The molecule has 0 aliphatic carbocycles. The average Bonchev–Trinajstić information content (AvgIpc) is 2.45. The summed E-state index contributed by atoms with van der Waals surface area (Å²) in [7, 11) is 0. The van der Waals surface area contributed by atoms with Crippen molar-refractivity contribution >= 4 is 5.69 Å². The van der Waals surface area contributed by atoms with E-state index in [0.29, 0.717) is 17.2 Å². The van der Waals surface area contributed by atoms with Gasteiger partial charge < -0.3 is 20.3 Å². The van der Waals surface area contributed by atoms with Gasteiger partial charge in [-0.3, -0.25) is 0 Å². The van der Waals surface area contributed by atoms with Gasteiger partial charge in [-0.1, -0.05) is 6.07 Å². The number of rotatable bonds is 6. The summed E-state index contributed by atoms with van der Waals surface area (Å²) >= 11 is 0. The molecule has 20 heavy (non-hydrogen) atoms. The fourth-order valence-electron chi connectivity index (χ4n) is 1.57. The lowest BCUT2D eigenvalue weighted by molar-refractivity contribution is 0.0626. The van der Waals surface area contributed by atoms with Gasteiger partial charge in [-0.2, -0.15) is 0 Å². The van der Waals surface area contributed by atoms with Gasteiger partial charge in [0.25, 0.3) is 0 Å². The molecular weight excluding hydrogens is 261 g/mol. The number of ether oxygens (including phenoxy) is 2. The van der Waals surface area contributed by atoms with Gasteiger partial charge in [0.15, 0.2) is 0 Å². The summed E-state index contributed by atoms with van der Waals surface area (Å²) in [4.78, 5) is 0. The van der Waals surface area contributed by atoms with Crippen molar-refractivity contribution in [3.8, 4) is 11.5 Å². The number of aliphatic hydroxyl groups excluding tert-OH is 1. The molecule has 106 valence electrons. The van der Waals surface area contributed by atoms with Crippen molar-refractivity contribution in [1.29, 1.82) is 0 Å². The van der Waals surface area contributed by atoms with Gasteiger partial charge in [0, 0.05) is 11.8 Å².